The molecule has 4 heteroatoms. The summed E-state index contributed by atoms with van der Waals surface area (Å²) in [6.07, 6.45) is 3.77. The van der Waals surface area contributed by atoms with Crippen LogP contribution >= 0.6 is 23.5 Å². The molecule has 0 saturated carbocycles. The number of amidine groups is 1. The summed E-state index contributed by atoms with van der Waals surface area (Å²) >= 11 is 4.07. The first-order valence-electron chi connectivity index (χ1n) is 5.89. The number of rotatable bonds is 2. The molecule has 2 rings (SSSR count). The fourth-order valence-electron chi connectivity index (χ4n) is 2.29. The fraction of sp³-hybridized carbons (Fsp3) is 0.909. The lowest BCUT2D eigenvalue weighted by molar-refractivity contribution is 0.501. The predicted octanol–water partition coefficient (Wildman–Crippen LogP) is 2.69. The van der Waals surface area contributed by atoms with Crippen molar-refractivity contribution < 1.29 is 0 Å². The van der Waals surface area contributed by atoms with Crippen molar-refractivity contribution in [1.82, 2.24) is 4.90 Å². The fourth-order valence-corrected chi connectivity index (χ4v) is 5.35. The van der Waals surface area contributed by atoms with E-state index in [0.717, 1.165) is 18.9 Å². The molecule has 2 atom stereocenters. The van der Waals surface area contributed by atoms with Crippen molar-refractivity contribution in [3.8, 4) is 0 Å². The van der Waals surface area contributed by atoms with Crippen LogP contribution in [0.15, 0.2) is 0 Å². The maximum Gasteiger partial charge on any atom is 0.110 e. The molecule has 0 aliphatic carbocycles. The first-order valence-corrected chi connectivity index (χ1v) is 7.99. The third-order valence-corrected chi connectivity index (χ3v) is 6.42. The van der Waals surface area contributed by atoms with Crippen molar-refractivity contribution in [1.29, 1.82) is 5.41 Å². The van der Waals surface area contributed by atoms with Gasteiger partial charge in [0, 0.05) is 29.8 Å². The first kappa shape index (κ1) is 11.6. The molecule has 2 unspecified atom stereocenters. The van der Waals surface area contributed by atoms with Gasteiger partial charge in [-0.2, -0.15) is 11.8 Å². The number of nitrogens with one attached hydrogen (secondary N) is 1. The largest absolute Gasteiger partial charge is 0.360 e. The van der Waals surface area contributed by atoms with Gasteiger partial charge in [0.1, 0.15) is 5.84 Å². The van der Waals surface area contributed by atoms with Crippen LogP contribution in [-0.4, -0.2) is 45.8 Å². The maximum atomic E-state index is 8.31. The molecular formula is C11H20N2S2. The molecule has 0 bridgehead atoms. The Hall–Kier alpha value is 0.170. The molecule has 2 fully saturated rings. The van der Waals surface area contributed by atoms with Gasteiger partial charge in [-0.15, -0.1) is 11.8 Å². The molecule has 0 aromatic heterocycles. The third-order valence-electron chi connectivity index (χ3n) is 3.17. The second-order valence-electron chi connectivity index (χ2n) is 4.19. The molecule has 15 heavy (non-hydrogen) atoms. The van der Waals surface area contributed by atoms with Crippen LogP contribution in [0.5, 0.6) is 0 Å². The molecular weight excluding hydrogens is 224 g/mol. The maximum absolute atomic E-state index is 8.31. The highest BCUT2D eigenvalue weighted by Gasteiger charge is 2.31. The Bertz CT molecular complexity index is 227. The molecule has 0 radical (unpaired) electrons. The summed E-state index contributed by atoms with van der Waals surface area (Å²) in [6, 6.07) is 0. The summed E-state index contributed by atoms with van der Waals surface area (Å²) < 4.78 is 0. The quantitative estimate of drug-likeness (QED) is 0.598. The standard InChI is InChI=1S/C11H20N2S2/c1-2-9-10(15-8-7-14-9)11(12)13-5-3-4-6-13/h9-10,12H,2-8H2,1H3. The van der Waals surface area contributed by atoms with E-state index in [4.69, 9.17) is 5.41 Å². The third kappa shape index (κ3) is 2.64. The second kappa shape index (κ2) is 5.48. The molecule has 2 aliphatic rings. The lowest BCUT2D eigenvalue weighted by Crippen LogP contribution is -2.42. The topological polar surface area (TPSA) is 27.1 Å². The molecule has 2 heterocycles. The van der Waals surface area contributed by atoms with Crippen molar-refractivity contribution in [2.75, 3.05) is 24.6 Å². The van der Waals surface area contributed by atoms with Crippen molar-refractivity contribution >= 4 is 29.4 Å². The van der Waals surface area contributed by atoms with Gasteiger partial charge < -0.3 is 4.90 Å². The van der Waals surface area contributed by atoms with Crippen molar-refractivity contribution in [2.24, 2.45) is 0 Å². The van der Waals surface area contributed by atoms with Gasteiger partial charge in [-0.3, -0.25) is 5.41 Å². The Morgan fingerprint density at radius 2 is 1.93 bits per heavy atom. The minimum absolute atomic E-state index is 0.465. The monoisotopic (exact) mass is 244 g/mol. The summed E-state index contributed by atoms with van der Waals surface area (Å²) in [5.41, 5.74) is 0. The Morgan fingerprint density at radius 1 is 1.27 bits per heavy atom. The molecule has 0 spiro atoms. The van der Waals surface area contributed by atoms with Crippen molar-refractivity contribution in [3.63, 3.8) is 0 Å². The van der Waals surface area contributed by atoms with Crippen LogP contribution in [0.25, 0.3) is 0 Å². The van der Waals surface area contributed by atoms with E-state index >= 15 is 0 Å². The van der Waals surface area contributed by atoms with Crippen LogP contribution < -0.4 is 0 Å². The first-order chi connectivity index (χ1) is 7.33. The van der Waals surface area contributed by atoms with Gasteiger partial charge in [-0.05, 0) is 19.3 Å². The number of hydrogen-bond acceptors (Lipinski definition) is 3. The van der Waals surface area contributed by atoms with Gasteiger partial charge in [0.15, 0.2) is 0 Å². The zero-order valence-electron chi connectivity index (χ0n) is 9.37. The van der Waals surface area contributed by atoms with E-state index in [9.17, 15) is 0 Å². The van der Waals surface area contributed by atoms with E-state index in [1.54, 1.807) is 0 Å². The van der Waals surface area contributed by atoms with Crippen molar-refractivity contribution in [2.45, 2.75) is 36.7 Å². The Morgan fingerprint density at radius 3 is 2.60 bits per heavy atom. The van der Waals surface area contributed by atoms with E-state index in [1.165, 1.54) is 30.8 Å². The average molecular weight is 244 g/mol. The lowest BCUT2D eigenvalue weighted by Gasteiger charge is -2.34. The summed E-state index contributed by atoms with van der Waals surface area (Å²) in [5, 5.41) is 9.45. The molecule has 86 valence electrons. The van der Waals surface area contributed by atoms with Gasteiger partial charge in [0.25, 0.3) is 0 Å². The minimum Gasteiger partial charge on any atom is -0.360 e. The number of thioether (sulfide) groups is 2. The van der Waals surface area contributed by atoms with Crippen LogP contribution in [-0.2, 0) is 0 Å². The molecule has 2 aliphatic heterocycles. The summed E-state index contributed by atoms with van der Waals surface area (Å²) in [6.45, 7) is 4.50. The summed E-state index contributed by atoms with van der Waals surface area (Å²) in [7, 11) is 0. The number of hydrogen-bond donors (Lipinski definition) is 1. The Kier molecular flexibility index (Phi) is 4.26. The van der Waals surface area contributed by atoms with Gasteiger partial charge in [0.05, 0.1) is 5.25 Å². The number of likely N-dealkylation sites (tertiary alicyclic amines) is 1. The predicted molar refractivity (Wildman–Crippen MR) is 71.3 cm³/mol. The number of nitrogens with zero attached hydrogens (tertiary/aromatic N) is 1. The van der Waals surface area contributed by atoms with Gasteiger partial charge >= 0.3 is 0 Å². The highest BCUT2D eigenvalue weighted by atomic mass is 32.2. The summed E-state index contributed by atoms with van der Waals surface area (Å²) in [5.74, 6) is 3.41. The molecule has 0 aromatic carbocycles. The molecule has 2 saturated heterocycles. The SMILES string of the molecule is CCC1SCCSC1C(=N)N1CCCC1. The van der Waals surface area contributed by atoms with Gasteiger partial charge in [-0.25, -0.2) is 0 Å². The van der Waals surface area contributed by atoms with E-state index in [0.29, 0.717) is 10.5 Å². The van der Waals surface area contributed by atoms with Gasteiger partial charge in [0.2, 0.25) is 0 Å². The van der Waals surface area contributed by atoms with Crippen molar-refractivity contribution in [3.05, 3.63) is 0 Å². The van der Waals surface area contributed by atoms with Crippen LogP contribution in [0.4, 0.5) is 0 Å². The van der Waals surface area contributed by atoms with Crippen LogP contribution in [0, 0.1) is 5.41 Å². The molecule has 2 nitrogen and oxygen atoms in total. The average Bonchev–Trinajstić information content (AvgIpc) is 2.81. The Labute approximate surface area is 101 Å². The van der Waals surface area contributed by atoms with E-state index in [2.05, 4.69) is 23.6 Å². The Balaban J connectivity index is 1.96. The zero-order chi connectivity index (χ0) is 10.7. The lowest BCUT2D eigenvalue weighted by atomic mass is 10.2. The van der Waals surface area contributed by atoms with E-state index in [-0.39, 0.29) is 0 Å². The highest BCUT2D eigenvalue weighted by Crippen LogP contribution is 2.34. The van der Waals surface area contributed by atoms with Crippen LogP contribution in [0.1, 0.15) is 26.2 Å². The van der Waals surface area contributed by atoms with Crippen LogP contribution in [0.3, 0.4) is 0 Å². The molecule has 1 N–H and O–H groups in total. The second-order valence-corrected chi connectivity index (χ2v) is 6.78. The van der Waals surface area contributed by atoms with E-state index in [1.807, 2.05) is 11.8 Å². The van der Waals surface area contributed by atoms with E-state index < -0.39 is 0 Å². The smallest absolute Gasteiger partial charge is 0.110 e. The van der Waals surface area contributed by atoms with Gasteiger partial charge in [-0.1, -0.05) is 6.92 Å². The normalized spacial score (nSPS) is 31.9. The molecule has 0 aromatic rings. The zero-order valence-corrected chi connectivity index (χ0v) is 11.0. The van der Waals surface area contributed by atoms with Crippen LogP contribution in [0.2, 0.25) is 0 Å². The molecule has 0 amide bonds. The minimum atomic E-state index is 0.465. The summed E-state index contributed by atoms with van der Waals surface area (Å²) in [4.78, 5) is 2.30. The highest BCUT2D eigenvalue weighted by molar-refractivity contribution is 8.07.